The minimum Gasteiger partial charge on any atom is -0.462 e. The van der Waals surface area contributed by atoms with Gasteiger partial charge in [-0.15, -0.1) is 11.3 Å². The zero-order chi connectivity index (χ0) is 15.3. The smallest absolute Gasteiger partial charge is 0.341 e. The number of amides is 1. The standard InChI is InChI=1S/C14H21NO4S/c1-5-19-14(18)12-9(3)10(4)20-13(12)15-11(17)7-6-8(2)16/h8,16H,5-7H2,1-4H3,(H,15,17). The number of anilines is 1. The molecule has 1 amide bonds. The van der Waals surface area contributed by atoms with Crippen LogP contribution < -0.4 is 5.32 Å². The van der Waals surface area contributed by atoms with Gasteiger partial charge in [-0.1, -0.05) is 0 Å². The Morgan fingerprint density at radius 2 is 2.05 bits per heavy atom. The molecular weight excluding hydrogens is 278 g/mol. The lowest BCUT2D eigenvalue weighted by Crippen LogP contribution is -2.16. The number of nitrogens with one attached hydrogen (secondary N) is 1. The number of aliphatic hydroxyl groups is 1. The van der Waals surface area contributed by atoms with Gasteiger partial charge in [-0.05, 0) is 39.7 Å². The summed E-state index contributed by atoms with van der Waals surface area (Å²) in [7, 11) is 0. The predicted octanol–water partition coefficient (Wildman–Crippen LogP) is 2.64. The average Bonchev–Trinajstić information content (AvgIpc) is 2.62. The highest BCUT2D eigenvalue weighted by atomic mass is 32.1. The van der Waals surface area contributed by atoms with Crippen molar-refractivity contribution in [2.24, 2.45) is 0 Å². The van der Waals surface area contributed by atoms with Gasteiger partial charge < -0.3 is 15.2 Å². The lowest BCUT2D eigenvalue weighted by atomic mass is 10.1. The molecule has 0 aliphatic rings. The van der Waals surface area contributed by atoms with E-state index in [4.69, 9.17) is 4.74 Å². The van der Waals surface area contributed by atoms with Crippen molar-refractivity contribution < 1.29 is 19.4 Å². The van der Waals surface area contributed by atoms with Gasteiger partial charge in [-0.3, -0.25) is 4.79 Å². The maximum Gasteiger partial charge on any atom is 0.341 e. The molecule has 0 aliphatic carbocycles. The molecule has 0 aliphatic heterocycles. The third-order valence-electron chi connectivity index (χ3n) is 2.91. The summed E-state index contributed by atoms with van der Waals surface area (Å²) in [5.74, 6) is -0.627. The molecule has 1 aromatic heterocycles. The second-order valence-corrected chi connectivity index (χ2v) is 5.87. The van der Waals surface area contributed by atoms with Crippen molar-refractivity contribution >= 4 is 28.2 Å². The number of hydrogen-bond donors (Lipinski definition) is 2. The number of hydrogen-bond acceptors (Lipinski definition) is 5. The summed E-state index contributed by atoms with van der Waals surface area (Å²) >= 11 is 1.36. The fourth-order valence-corrected chi connectivity index (χ4v) is 2.76. The Labute approximate surface area is 123 Å². The third-order valence-corrected chi connectivity index (χ3v) is 4.03. The SMILES string of the molecule is CCOC(=O)c1c(NC(=O)CCC(C)O)sc(C)c1C. The normalized spacial score (nSPS) is 12.1. The van der Waals surface area contributed by atoms with Crippen molar-refractivity contribution in [3.8, 4) is 0 Å². The van der Waals surface area contributed by atoms with Crippen molar-refractivity contribution in [1.82, 2.24) is 0 Å². The molecule has 0 aromatic carbocycles. The van der Waals surface area contributed by atoms with Crippen LogP contribution in [-0.2, 0) is 9.53 Å². The molecule has 0 spiro atoms. The van der Waals surface area contributed by atoms with Gasteiger partial charge in [0.25, 0.3) is 0 Å². The summed E-state index contributed by atoms with van der Waals surface area (Å²) < 4.78 is 5.02. The summed E-state index contributed by atoms with van der Waals surface area (Å²) in [5, 5.41) is 12.4. The van der Waals surface area contributed by atoms with E-state index >= 15 is 0 Å². The van der Waals surface area contributed by atoms with Crippen LogP contribution in [0.1, 0.15) is 47.5 Å². The lowest BCUT2D eigenvalue weighted by molar-refractivity contribution is -0.116. The van der Waals surface area contributed by atoms with Crippen LogP contribution in [0, 0.1) is 13.8 Å². The van der Waals surface area contributed by atoms with Crippen LogP contribution >= 0.6 is 11.3 Å². The number of thiophene rings is 1. The third kappa shape index (κ3) is 4.31. The number of carbonyl (C=O) groups excluding carboxylic acids is 2. The molecule has 1 aromatic rings. The highest BCUT2D eigenvalue weighted by Crippen LogP contribution is 2.33. The van der Waals surface area contributed by atoms with Crippen LogP contribution in [0.4, 0.5) is 5.00 Å². The lowest BCUT2D eigenvalue weighted by Gasteiger charge is -2.08. The van der Waals surface area contributed by atoms with Gasteiger partial charge in [0.05, 0.1) is 18.3 Å². The molecule has 1 heterocycles. The maximum absolute atomic E-state index is 11.9. The maximum atomic E-state index is 11.9. The summed E-state index contributed by atoms with van der Waals surface area (Å²) in [6.07, 6.45) is 0.0944. The number of rotatable bonds is 6. The van der Waals surface area contributed by atoms with E-state index in [9.17, 15) is 14.7 Å². The molecule has 0 radical (unpaired) electrons. The van der Waals surface area contributed by atoms with Crippen molar-refractivity contribution in [2.75, 3.05) is 11.9 Å². The predicted molar refractivity (Wildman–Crippen MR) is 79.3 cm³/mol. The Morgan fingerprint density at radius 1 is 1.40 bits per heavy atom. The van der Waals surface area contributed by atoms with Crippen LogP contribution in [0.15, 0.2) is 0 Å². The van der Waals surface area contributed by atoms with Gasteiger partial charge in [0.2, 0.25) is 5.91 Å². The molecule has 112 valence electrons. The summed E-state index contributed by atoms with van der Waals surface area (Å²) in [6, 6.07) is 0. The Kier molecular flexibility index (Phi) is 6.16. The van der Waals surface area contributed by atoms with Crippen LogP contribution in [0.5, 0.6) is 0 Å². The molecule has 1 rings (SSSR count). The quantitative estimate of drug-likeness (QED) is 0.792. The Morgan fingerprint density at radius 3 is 2.60 bits per heavy atom. The van der Waals surface area contributed by atoms with Crippen LogP contribution in [-0.4, -0.2) is 29.7 Å². The van der Waals surface area contributed by atoms with Crippen molar-refractivity contribution in [1.29, 1.82) is 0 Å². The van der Waals surface area contributed by atoms with Gasteiger partial charge in [0.15, 0.2) is 0 Å². The van der Waals surface area contributed by atoms with E-state index in [2.05, 4.69) is 5.32 Å². The molecule has 1 unspecified atom stereocenters. The number of carbonyl (C=O) groups is 2. The molecule has 0 fully saturated rings. The van der Waals surface area contributed by atoms with Crippen molar-refractivity contribution in [3.05, 3.63) is 16.0 Å². The van der Waals surface area contributed by atoms with Gasteiger partial charge in [-0.25, -0.2) is 4.79 Å². The molecule has 5 nitrogen and oxygen atoms in total. The minimum atomic E-state index is -0.517. The molecule has 0 saturated carbocycles. The first-order valence-electron chi connectivity index (χ1n) is 6.61. The summed E-state index contributed by atoms with van der Waals surface area (Å²) in [6.45, 7) is 7.41. The average molecular weight is 299 g/mol. The summed E-state index contributed by atoms with van der Waals surface area (Å²) in [5.41, 5.74) is 1.26. The zero-order valence-corrected chi connectivity index (χ0v) is 13.1. The van der Waals surface area contributed by atoms with Crippen molar-refractivity contribution in [3.63, 3.8) is 0 Å². The second-order valence-electron chi connectivity index (χ2n) is 4.64. The minimum absolute atomic E-state index is 0.210. The Balaban J connectivity index is 2.87. The first-order chi connectivity index (χ1) is 9.36. The Hall–Kier alpha value is -1.40. The molecule has 20 heavy (non-hydrogen) atoms. The molecular formula is C14H21NO4S. The van der Waals surface area contributed by atoms with E-state index in [0.29, 0.717) is 23.6 Å². The highest BCUT2D eigenvalue weighted by molar-refractivity contribution is 7.16. The number of aliphatic hydroxyl groups excluding tert-OH is 1. The van der Waals surface area contributed by atoms with E-state index in [1.54, 1.807) is 13.8 Å². The molecule has 0 bridgehead atoms. The van der Waals surface area contributed by atoms with Gasteiger partial charge >= 0.3 is 5.97 Å². The monoisotopic (exact) mass is 299 g/mol. The summed E-state index contributed by atoms with van der Waals surface area (Å²) in [4.78, 5) is 24.7. The second kappa shape index (κ2) is 7.40. The molecule has 0 saturated heterocycles. The van der Waals surface area contributed by atoms with E-state index < -0.39 is 12.1 Å². The van der Waals surface area contributed by atoms with Gasteiger partial charge in [-0.2, -0.15) is 0 Å². The zero-order valence-electron chi connectivity index (χ0n) is 12.3. The first-order valence-corrected chi connectivity index (χ1v) is 7.43. The number of aryl methyl sites for hydroxylation is 1. The largest absolute Gasteiger partial charge is 0.462 e. The van der Waals surface area contributed by atoms with E-state index in [-0.39, 0.29) is 12.3 Å². The first kappa shape index (κ1) is 16.7. The fraction of sp³-hybridized carbons (Fsp3) is 0.571. The topological polar surface area (TPSA) is 75.6 Å². The number of ether oxygens (including phenoxy) is 1. The van der Waals surface area contributed by atoms with E-state index in [1.165, 1.54) is 11.3 Å². The number of esters is 1. The molecule has 1 atom stereocenters. The van der Waals surface area contributed by atoms with Crippen LogP contribution in [0.25, 0.3) is 0 Å². The Bertz CT molecular complexity index is 494. The van der Waals surface area contributed by atoms with Gasteiger partial charge in [0.1, 0.15) is 5.00 Å². The van der Waals surface area contributed by atoms with Crippen LogP contribution in [0.2, 0.25) is 0 Å². The van der Waals surface area contributed by atoms with E-state index in [1.807, 2.05) is 13.8 Å². The van der Waals surface area contributed by atoms with Crippen LogP contribution in [0.3, 0.4) is 0 Å². The fourth-order valence-electron chi connectivity index (χ4n) is 1.69. The van der Waals surface area contributed by atoms with Gasteiger partial charge in [0, 0.05) is 11.3 Å². The van der Waals surface area contributed by atoms with E-state index in [0.717, 1.165) is 10.4 Å². The highest BCUT2D eigenvalue weighted by Gasteiger charge is 2.21. The molecule has 2 N–H and O–H groups in total. The van der Waals surface area contributed by atoms with Crippen molar-refractivity contribution in [2.45, 2.75) is 46.6 Å². The molecule has 6 heteroatoms.